The normalized spacial score (nSPS) is 13.3. The van der Waals surface area contributed by atoms with Gasteiger partial charge in [-0.15, -0.1) is 0 Å². The summed E-state index contributed by atoms with van der Waals surface area (Å²) >= 11 is 0. The van der Waals surface area contributed by atoms with E-state index in [4.69, 9.17) is 10.7 Å². The zero-order chi connectivity index (χ0) is 22.4. The number of benzene rings is 2. The van der Waals surface area contributed by atoms with Crippen LogP contribution in [0.1, 0.15) is 24.5 Å². The number of nitrogens with two attached hydrogens (primary N) is 1. The second-order valence-electron chi connectivity index (χ2n) is 7.83. The number of carbonyl (C=O) groups is 1. The van der Waals surface area contributed by atoms with E-state index in [-0.39, 0.29) is 0 Å². The minimum absolute atomic E-state index is 0.404. The minimum Gasteiger partial charge on any atom is -0.382 e. The van der Waals surface area contributed by atoms with Crippen molar-refractivity contribution in [3.05, 3.63) is 65.9 Å². The van der Waals surface area contributed by atoms with Crippen molar-refractivity contribution in [3.63, 3.8) is 0 Å². The van der Waals surface area contributed by atoms with Crippen LogP contribution in [0.15, 0.2) is 48.5 Å². The lowest BCUT2D eigenvalue weighted by atomic mass is 10.0. The monoisotopic (exact) mass is 434 g/mol. The Hall–Kier alpha value is -4.01. The topological polar surface area (TPSA) is 97.9 Å². The van der Waals surface area contributed by atoms with Crippen LogP contribution >= 0.6 is 0 Å². The van der Waals surface area contributed by atoms with E-state index < -0.39 is 23.4 Å². The number of hydrogen-bond donors (Lipinski definition) is 3. The first-order valence-corrected chi connectivity index (χ1v) is 10.2. The summed E-state index contributed by atoms with van der Waals surface area (Å²) in [6.07, 6.45) is 2.23. The highest BCUT2D eigenvalue weighted by Crippen LogP contribution is 2.42. The number of rotatable bonds is 4. The van der Waals surface area contributed by atoms with E-state index in [1.54, 1.807) is 16.8 Å². The number of carbonyl (C=O) groups excluding carboxylic acids is 1. The van der Waals surface area contributed by atoms with Gasteiger partial charge in [0, 0.05) is 24.3 Å². The summed E-state index contributed by atoms with van der Waals surface area (Å²) in [5.41, 5.74) is 9.69. The Bertz CT molecular complexity index is 1320. The van der Waals surface area contributed by atoms with E-state index >= 15 is 0 Å². The minimum atomic E-state index is -0.849. The van der Waals surface area contributed by atoms with Crippen LogP contribution in [0.2, 0.25) is 0 Å². The van der Waals surface area contributed by atoms with Gasteiger partial charge >= 0.3 is 6.03 Å². The molecular weight excluding hydrogens is 414 g/mol. The first-order valence-electron chi connectivity index (χ1n) is 10.2. The number of nitrogen functional groups attached to an aromatic ring is 1. The molecule has 0 atom stereocenters. The maximum absolute atomic E-state index is 13.7. The van der Waals surface area contributed by atoms with Gasteiger partial charge in [-0.1, -0.05) is 18.2 Å². The number of nitrogens with zero attached hydrogens (tertiary/aromatic N) is 3. The highest BCUT2D eigenvalue weighted by molar-refractivity contribution is 6.02. The summed E-state index contributed by atoms with van der Waals surface area (Å²) in [6, 6.07) is 11.8. The maximum Gasteiger partial charge on any atom is 0.323 e. The van der Waals surface area contributed by atoms with E-state index in [1.807, 2.05) is 25.2 Å². The zero-order valence-electron chi connectivity index (χ0n) is 17.2. The van der Waals surface area contributed by atoms with E-state index in [0.29, 0.717) is 17.4 Å². The number of amides is 2. The molecule has 1 fully saturated rings. The molecule has 0 saturated heterocycles. The highest BCUT2D eigenvalue weighted by Gasteiger charge is 2.27. The fourth-order valence-electron chi connectivity index (χ4n) is 3.74. The third-order valence-electron chi connectivity index (χ3n) is 5.49. The van der Waals surface area contributed by atoms with Crippen LogP contribution in [0, 0.1) is 11.6 Å². The van der Waals surface area contributed by atoms with Gasteiger partial charge in [-0.25, -0.2) is 23.2 Å². The summed E-state index contributed by atoms with van der Waals surface area (Å²) in [5.74, 6) is -0.839. The molecule has 2 aromatic heterocycles. The van der Waals surface area contributed by atoms with Crippen molar-refractivity contribution in [1.82, 2.24) is 14.8 Å². The van der Waals surface area contributed by atoms with Gasteiger partial charge < -0.3 is 16.4 Å². The molecule has 0 aliphatic heterocycles. The van der Waals surface area contributed by atoms with Crippen LogP contribution in [0.5, 0.6) is 0 Å². The maximum atomic E-state index is 13.7. The number of pyridine rings is 1. The number of anilines is 3. The van der Waals surface area contributed by atoms with Crippen LogP contribution in [-0.4, -0.2) is 20.8 Å². The smallest absolute Gasteiger partial charge is 0.323 e. The van der Waals surface area contributed by atoms with Crippen LogP contribution in [0.4, 0.5) is 30.8 Å². The molecule has 0 radical (unpaired) electrons. The average molecular weight is 434 g/mol. The van der Waals surface area contributed by atoms with Gasteiger partial charge in [-0.3, -0.25) is 0 Å². The summed E-state index contributed by atoms with van der Waals surface area (Å²) in [4.78, 5) is 16.9. The third-order valence-corrected chi connectivity index (χ3v) is 5.49. The summed E-state index contributed by atoms with van der Waals surface area (Å²) in [7, 11) is 1.82. The van der Waals surface area contributed by atoms with Crippen LogP contribution in [0.25, 0.3) is 22.2 Å². The molecule has 0 spiro atoms. The lowest BCUT2D eigenvalue weighted by molar-refractivity contribution is 0.262. The fourth-order valence-corrected chi connectivity index (χ4v) is 3.74. The van der Waals surface area contributed by atoms with E-state index in [9.17, 15) is 13.6 Å². The molecule has 2 aromatic carbocycles. The number of urea groups is 1. The van der Waals surface area contributed by atoms with Crippen molar-refractivity contribution in [1.29, 1.82) is 0 Å². The van der Waals surface area contributed by atoms with Crippen LogP contribution in [0.3, 0.4) is 0 Å². The predicted molar refractivity (Wildman–Crippen MR) is 119 cm³/mol. The van der Waals surface area contributed by atoms with Gasteiger partial charge in [0.25, 0.3) is 0 Å². The average Bonchev–Trinajstić information content (AvgIpc) is 3.57. The molecule has 1 aliphatic carbocycles. The summed E-state index contributed by atoms with van der Waals surface area (Å²) in [5, 5.41) is 9.87. The van der Waals surface area contributed by atoms with Gasteiger partial charge in [0.05, 0.1) is 5.39 Å². The molecule has 2 heterocycles. The fraction of sp³-hybridized carbons (Fsp3) is 0.174. The van der Waals surface area contributed by atoms with Crippen LogP contribution < -0.4 is 16.4 Å². The molecular formula is C23H20F2N6O. The zero-order valence-corrected chi connectivity index (χ0v) is 17.2. The molecule has 4 aromatic rings. The number of aromatic nitrogens is 3. The van der Waals surface area contributed by atoms with Crippen molar-refractivity contribution in [2.45, 2.75) is 18.8 Å². The van der Waals surface area contributed by atoms with E-state index in [0.717, 1.165) is 52.8 Å². The Morgan fingerprint density at radius 1 is 1.09 bits per heavy atom. The quantitative estimate of drug-likeness (QED) is 0.420. The number of hydrogen-bond acceptors (Lipinski definition) is 4. The summed E-state index contributed by atoms with van der Waals surface area (Å²) in [6.45, 7) is 0. The highest BCUT2D eigenvalue weighted by atomic mass is 19.1. The van der Waals surface area contributed by atoms with E-state index in [1.165, 1.54) is 6.07 Å². The number of fused-ring (bicyclic) bond motifs is 1. The number of nitrogens with one attached hydrogen (secondary N) is 2. The van der Waals surface area contributed by atoms with Crippen molar-refractivity contribution in [2.75, 3.05) is 16.4 Å². The van der Waals surface area contributed by atoms with Gasteiger partial charge in [0.1, 0.15) is 17.3 Å². The van der Waals surface area contributed by atoms with Gasteiger partial charge in [-0.05, 0) is 54.3 Å². The molecule has 1 aliphatic rings. The number of halogens is 2. The molecule has 2 amide bonds. The standard InChI is InChI=1S/C23H20F2N6O/c1-31-22-19(21(26)30-31)15(11-18(28-22)13-5-6-13)12-7-9-14(10-8-12)27-23(32)29-20-16(24)3-2-4-17(20)25/h2-4,7-11,13H,5-6H2,1H3,(H2,26,30)(H2,27,29,32). The SMILES string of the molecule is Cn1nc(N)c2c(-c3ccc(NC(=O)Nc4c(F)cccc4F)cc3)cc(C3CC3)nc21. The van der Waals surface area contributed by atoms with E-state index in [2.05, 4.69) is 15.7 Å². The Morgan fingerprint density at radius 3 is 2.44 bits per heavy atom. The van der Waals surface area contributed by atoms with Gasteiger partial charge in [-0.2, -0.15) is 5.10 Å². The second-order valence-corrected chi connectivity index (χ2v) is 7.83. The molecule has 7 nitrogen and oxygen atoms in total. The number of para-hydroxylation sites is 1. The first-order chi connectivity index (χ1) is 15.4. The molecule has 5 rings (SSSR count). The van der Waals surface area contributed by atoms with Gasteiger partial charge in [0.2, 0.25) is 0 Å². The molecule has 162 valence electrons. The first kappa shape index (κ1) is 19.9. The lowest BCUT2D eigenvalue weighted by Gasteiger charge is -2.11. The molecule has 1 saturated carbocycles. The lowest BCUT2D eigenvalue weighted by Crippen LogP contribution is -2.20. The Labute approximate surface area is 182 Å². The second kappa shape index (κ2) is 7.60. The molecule has 9 heteroatoms. The Balaban J connectivity index is 1.42. The van der Waals surface area contributed by atoms with Crippen molar-refractivity contribution >= 4 is 34.3 Å². The Kier molecular flexibility index (Phi) is 4.73. The number of aryl methyl sites for hydroxylation is 1. The Morgan fingerprint density at radius 2 is 1.78 bits per heavy atom. The van der Waals surface area contributed by atoms with Crippen molar-refractivity contribution in [2.24, 2.45) is 7.05 Å². The largest absolute Gasteiger partial charge is 0.382 e. The van der Waals surface area contributed by atoms with Crippen LogP contribution in [-0.2, 0) is 7.05 Å². The third kappa shape index (κ3) is 3.62. The molecule has 0 bridgehead atoms. The van der Waals surface area contributed by atoms with Crippen molar-refractivity contribution < 1.29 is 13.6 Å². The predicted octanol–water partition coefficient (Wildman–Crippen LogP) is 5.02. The van der Waals surface area contributed by atoms with Crippen molar-refractivity contribution in [3.8, 4) is 11.1 Å². The molecule has 4 N–H and O–H groups in total. The molecule has 32 heavy (non-hydrogen) atoms. The molecule has 0 unspecified atom stereocenters. The summed E-state index contributed by atoms with van der Waals surface area (Å²) < 4.78 is 29.2. The van der Waals surface area contributed by atoms with Gasteiger partial charge in [0.15, 0.2) is 11.5 Å².